The number of alkyl halides is 2. The highest BCUT2D eigenvalue weighted by atomic mass is 32.2. The predicted octanol–water partition coefficient (Wildman–Crippen LogP) is 2.47. The molecule has 0 N–H and O–H groups in total. The minimum absolute atomic E-state index is 0.0571. The number of ether oxygens (including phenoxy) is 1. The molecule has 2 bridgehead atoms. The molecule has 2 fully saturated rings. The van der Waals surface area contributed by atoms with Crippen molar-refractivity contribution in [3.05, 3.63) is 41.4 Å². The van der Waals surface area contributed by atoms with Gasteiger partial charge in [-0.2, -0.15) is 8.78 Å². The van der Waals surface area contributed by atoms with Gasteiger partial charge >= 0.3 is 6.43 Å². The lowest BCUT2D eigenvalue weighted by atomic mass is 9.92. The van der Waals surface area contributed by atoms with Crippen LogP contribution in [0.25, 0.3) is 10.8 Å². The average molecular weight is 517 g/mol. The van der Waals surface area contributed by atoms with Gasteiger partial charge < -0.3 is 9.15 Å². The molecule has 2 aliphatic rings. The standard InChI is InChI=1S/C19H19F3N6O4S2/c20-11-3-12(6-23-5-11)28(34(29,30)2-1-27-13-4-14(27)10-31-9-13)8-16-24-7-15(33-16)18-25-26-19(32-18)17(21)22/h3,5-7,13-14,17H,1-2,4,8-10H2. The molecule has 2 unspecified atom stereocenters. The van der Waals surface area contributed by atoms with Crippen LogP contribution >= 0.6 is 11.3 Å². The molecule has 0 saturated carbocycles. The zero-order valence-electron chi connectivity index (χ0n) is 17.6. The van der Waals surface area contributed by atoms with Gasteiger partial charge in [0.1, 0.15) is 15.7 Å². The van der Waals surface area contributed by atoms with Gasteiger partial charge in [0.25, 0.3) is 11.8 Å². The molecule has 5 rings (SSSR count). The van der Waals surface area contributed by atoms with E-state index in [1.165, 1.54) is 12.4 Å². The normalized spacial score (nSPS) is 20.5. The Kier molecular flexibility index (Phi) is 6.26. The van der Waals surface area contributed by atoms with Crippen molar-refractivity contribution in [2.24, 2.45) is 0 Å². The SMILES string of the molecule is O=S(=O)(CCN1C2COCC1C2)N(Cc1ncc(-c2nnc(C(F)F)o2)s1)c1cncc(F)c1. The fraction of sp³-hybridized carbons (Fsp3) is 0.474. The van der Waals surface area contributed by atoms with Crippen molar-refractivity contribution < 1.29 is 30.7 Å². The van der Waals surface area contributed by atoms with Gasteiger partial charge in [-0.25, -0.2) is 17.8 Å². The van der Waals surface area contributed by atoms with Crippen LogP contribution in [0, 0.1) is 5.82 Å². The van der Waals surface area contributed by atoms with Gasteiger partial charge in [0, 0.05) is 24.7 Å². The Bertz CT molecular complexity index is 1260. The first kappa shape index (κ1) is 23.1. The lowest BCUT2D eigenvalue weighted by molar-refractivity contribution is -0.123. The average Bonchev–Trinajstić information content (AvgIpc) is 3.47. The number of hydrogen-bond donors (Lipinski definition) is 0. The molecule has 34 heavy (non-hydrogen) atoms. The molecule has 0 radical (unpaired) electrons. The summed E-state index contributed by atoms with van der Waals surface area (Å²) in [6.45, 7) is 1.28. The van der Waals surface area contributed by atoms with Crippen molar-refractivity contribution in [2.75, 3.05) is 29.8 Å². The van der Waals surface area contributed by atoms with Crippen molar-refractivity contribution in [1.29, 1.82) is 0 Å². The minimum Gasteiger partial charge on any atom is -0.414 e. The lowest BCUT2D eigenvalue weighted by Crippen LogP contribution is -2.64. The molecule has 0 aliphatic carbocycles. The molecule has 10 nitrogen and oxygen atoms in total. The zero-order chi connectivity index (χ0) is 23.9. The monoisotopic (exact) mass is 516 g/mol. The molecule has 3 aromatic heterocycles. The van der Waals surface area contributed by atoms with E-state index in [-0.39, 0.29) is 36.0 Å². The predicted molar refractivity (Wildman–Crippen MR) is 114 cm³/mol. The summed E-state index contributed by atoms with van der Waals surface area (Å²) in [6, 6.07) is 1.51. The third kappa shape index (κ3) is 4.64. The minimum atomic E-state index is -3.89. The van der Waals surface area contributed by atoms with Gasteiger partial charge in [-0.15, -0.1) is 21.5 Å². The number of anilines is 1. The Morgan fingerprint density at radius 3 is 2.68 bits per heavy atom. The number of aromatic nitrogens is 4. The lowest BCUT2D eigenvalue weighted by Gasteiger charge is -2.52. The number of hydrogen-bond acceptors (Lipinski definition) is 10. The van der Waals surface area contributed by atoms with Crippen LogP contribution in [0.15, 0.2) is 29.1 Å². The molecule has 3 aromatic rings. The number of fused-ring (bicyclic) bond motifs is 2. The van der Waals surface area contributed by atoms with Crippen LogP contribution in [0.4, 0.5) is 18.9 Å². The van der Waals surface area contributed by atoms with Crippen LogP contribution in [0.3, 0.4) is 0 Å². The Morgan fingerprint density at radius 2 is 2.00 bits per heavy atom. The fourth-order valence-electron chi connectivity index (χ4n) is 4.02. The molecule has 182 valence electrons. The van der Waals surface area contributed by atoms with Crippen LogP contribution in [0.5, 0.6) is 0 Å². The number of pyridine rings is 1. The van der Waals surface area contributed by atoms with Crippen molar-refractivity contribution in [3.8, 4) is 10.8 Å². The summed E-state index contributed by atoms with van der Waals surface area (Å²) in [5.41, 5.74) is 0.0571. The van der Waals surface area contributed by atoms with Gasteiger partial charge in [0.15, 0.2) is 0 Å². The number of thiazole rings is 1. The smallest absolute Gasteiger partial charge is 0.314 e. The summed E-state index contributed by atoms with van der Waals surface area (Å²) in [4.78, 5) is 10.4. The first-order valence-corrected chi connectivity index (χ1v) is 12.7. The topological polar surface area (TPSA) is 115 Å². The van der Waals surface area contributed by atoms with Gasteiger partial charge in [-0.1, -0.05) is 0 Å². The third-order valence-electron chi connectivity index (χ3n) is 5.69. The number of sulfonamides is 1. The Labute approximate surface area is 196 Å². The summed E-state index contributed by atoms with van der Waals surface area (Å²) in [6.07, 6.45) is 1.65. The van der Waals surface area contributed by atoms with Crippen LogP contribution in [-0.2, 0) is 21.3 Å². The molecule has 2 atom stereocenters. The zero-order valence-corrected chi connectivity index (χ0v) is 19.2. The Morgan fingerprint density at radius 1 is 1.21 bits per heavy atom. The summed E-state index contributed by atoms with van der Waals surface area (Å²) < 4.78 is 77.4. The van der Waals surface area contributed by atoms with Gasteiger partial charge in [-0.05, 0) is 6.42 Å². The van der Waals surface area contributed by atoms with E-state index in [1.807, 2.05) is 0 Å². The third-order valence-corrected chi connectivity index (χ3v) is 8.37. The van der Waals surface area contributed by atoms with E-state index in [0.717, 1.165) is 34.3 Å². The second-order valence-corrected chi connectivity index (χ2v) is 11.0. The van der Waals surface area contributed by atoms with E-state index in [4.69, 9.17) is 9.15 Å². The van der Waals surface area contributed by atoms with Gasteiger partial charge in [0.2, 0.25) is 10.0 Å². The van der Waals surface area contributed by atoms with E-state index in [1.54, 1.807) is 0 Å². The number of morpholine rings is 1. The molecule has 0 aromatic carbocycles. The maximum atomic E-state index is 13.9. The van der Waals surface area contributed by atoms with Crippen molar-refractivity contribution in [3.63, 3.8) is 0 Å². The molecule has 15 heteroatoms. The first-order chi connectivity index (χ1) is 16.3. The van der Waals surface area contributed by atoms with E-state index in [0.29, 0.717) is 29.6 Å². The van der Waals surface area contributed by atoms with E-state index >= 15 is 0 Å². The summed E-state index contributed by atoms with van der Waals surface area (Å²) in [5.74, 6) is -1.83. The van der Waals surface area contributed by atoms with E-state index < -0.39 is 28.2 Å². The van der Waals surface area contributed by atoms with Crippen molar-refractivity contribution in [2.45, 2.75) is 31.5 Å². The fourth-order valence-corrected chi connectivity index (χ4v) is 6.34. The highest BCUT2D eigenvalue weighted by molar-refractivity contribution is 7.92. The van der Waals surface area contributed by atoms with Gasteiger partial charge in [-0.3, -0.25) is 14.2 Å². The Balaban J connectivity index is 1.36. The summed E-state index contributed by atoms with van der Waals surface area (Å²) in [5, 5.41) is 7.18. The number of rotatable bonds is 9. The van der Waals surface area contributed by atoms with Gasteiger partial charge in [0.05, 0.1) is 49.8 Å². The summed E-state index contributed by atoms with van der Waals surface area (Å²) >= 11 is 1.01. The second kappa shape index (κ2) is 9.20. The van der Waals surface area contributed by atoms with Crippen molar-refractivity contribution in [1.82, 2.24) is 25.1 Å². The molecule has 2 saturated heterocycles. The quantitative estimate of drug-likeness (QED) is 0.423. The molecule has 0 spiro atoms. The molecular formula is C19H19F3N6O4S2. The first-order valence-electron chi connectivity index (χ1n) is 10.3. The van der Waals surface area contributed by atoms with E-state index in [9.17, 15) is 21.6 Å². The van der Waals surface area contributed by atoms with Crippen LogP contribution in [-0.4, -0.2) is 71.1 Å². The highest BCUT2D eigenvalue weighted by Crippen LogP contribution is 2.32. The molecule has 5 heterocycles. The second-order valence-electron chi connectivity index (χ2n) is 7.87. The maximum absolute atomic E-state index is 13.9. The summed E-state index contributed by atoms with van der Waals surface area (Å²) in [7, 11) is -3.89. The molecule has 2 aliphatic heterocycles. The van der Waals surface area contributed by atoms with E-state index in [2.05, 4.69) is 25.1 Å². The molecular weight excluding hydrogens is 497 g/mol. The van der Waals surface area contributed by atoms with Crippen LogP contribution in [0.1, 0.15) is 23.7 Å². The molecule has 0 amide bonds. The van der Waals surface area contributed by atoms with Crippen LogP contribution < -0.4 is 4.31 Å². The number of halogens is 3. The van der Waals surface area contributed by atoms with Crippen molar-refractivity contribution >= 4 is 27.0 Å². The Hall–Kier alpha value is -2.62. The maximum Gasteiger partial charge on any atom is 0.314 e. The largest absolute Gasteiger partial charge is 0.414 e. The number of nitrogens with zero attached hydrogens (tertiary/aromatic N) is 6. The van der Waals surface area contributed by atoms with Crippen LogP contribution in [0.2, 0.25) is 0 Å². The highest BCUT2D eigenvalue weighted by Gasteiger charge is 2.42.